The van der Waals surface area contributed by atoms with Crippen LogP contribution in [0, 0.1) is 5.92 Å². The third kappa shape index (κ3) is 3.69. The lowest BCUT2D eigenvalue weighted by Gasteiger charge is -2.17. The minimum Gasteiger partial charge on any atom is -0.480 e. The van der Waals surface area contributed by atoms with Gasteiger partial charge >= 0.3 is 5.97 Å². The second-order valence-electron chi connectivity index (χ2n) is 5.36. The Kier molecular flexibility index (Phi) is 4.88. The number of carbonyl (C=O) groups excluding carboxylic acids is 1. The van der Waals surface area contributed by atoms with Crippen LogP contribution in [0.3, 0.4) is 0 Å². The number of para-hydroxylation sites is 1. The van der Waals surface area contributed by atoms with E-state index in [-0.39, 0.29) is 5.92 Å². The van der Waals surface area contributed by atoms with Crippen molar-refractivity contribution in [3.05, 3.63) is 42.2 Å². The minimum atomic E-state index is -1.04. The zero-order valence-electron chi connectivity index (χ0n) is 12.4. The van der Waals surface area contributed by atoms with E-state index in [0.717, 1.165) is 0 Å². The predicted molar refractivity (Wildman–Crippen MR) is 79.7 cm³/mol. The van der Waals surface area contributed by atoms with Crippen LogP contribution in [0.25, 0.3) is 5.69 Å². The van der Waals surface area contributed by atoms with E-state index in [0.29, 0.717) is 17.7 Å². The molecule has 1 heterocycles. The lowest BCUT2D eigenvalue weighted by atomic mass is 10.0. The number of hydrogen-bond donors (Lipinski definition) is 2. The summed E-state index contributed by atoms with van der Waals surface area (Å²) in [5, 5.41) is 19.4. The maximum Gasteiger partial charge on any atom is 0.326 e. The summed E-state index contributed by atoms with van der Waals surface area (Å²) in [6.45, 7) is 3.82. The molecule has 1 aromatic heterocycles. The number of aliphatic carboxylic acids is 1. The number of benzene rings is 1. The number of nitrogens with one attached hydrogen (secondary N) is 1. The predicted octanol–water partition coefficient (Wildman–Crippen LogP) is 1.50. The van der Waals surface area contributed by atoms with Gasteiger partial charge in [-0.2, -0.15) is 0 Å². The van der Waals surface area contributed by atoms with Crippen LogP contribution in [0.4, 0.5) is 0 Å². The van der Waals surface area contributed by atoms with E-state index < -0.39 is 17.9 Å². The highest BCUT2D eigenvalue weighted by atomic mass is 16.4. The fourth-order valence-corrected chi connectivity index (χ4v) is 2.13. The molecular formula is C15H18N4O3. The molecule has 0 aliphatic rings. The fraction of sp³-hybridized carbons (Fsp3) is 0.333. The van der Waals surface area contributed by atoms with E-state index in [1.807, 2.05) is 13.8 Å². The van der Waals surface area contributed by atoms with Gasteiger partial charge in [-0.15, -0.1) is 5.10 Å². The van der Waals surface area contributed by atoms with Crippen LogP contribution in [0.2, 0.25) is 0 Å². The summed E-state index contributed by atoms with van der Waals surface area (Å²) in [5.74, 6) is -1.33. The Bertz CT molecular complexity index is 653. The Balaban J connectivity index is 2.24. The smallest absolute Gasteiger partial charge is 0.326 e. The van der Waals surface area contributed by atoms with E-state index in [2.05, 4.69) is 15.6 Å². The van der Waals surface area contributed by atoms with Crippen LogP contribution < -0.4 is 5.32 Å². The molecule has 7 heteroatoms. The van der Waals surface area contributed by atoms with Crippen LogP contribution in [0.15, 0.2) is 36.7 Å². The number of nitrogens with zero attached hydrogens (tertiary/aromatic N) is 3. The van der Waals surface area contributed by atoms with Gasteiger partial charge in [0, 0.05) is 0 Å². The monoisotopic (exact) mass is 302 g/mol. The van der Waals surface area contributed by atoms with Crippen LogP contribution in [-0.2, 0) is 4.79 Å². The minimum absolute atomic E-state index is 0.159. The van der Waals surface area contributed by atoms with Gasteiger partial charge in [0.05, 0.1) is 23.6 Å². The van der Waals surface area contributed by atoms with Gasteiger partial charge in [-0.1, -0.05) is 31.2 Å². The molecule has 0 saturated heterocycles. The molecule has 2 N–H and O–H groups in total. The average Bonchev–Trinajstić information content (AvgIpc) is 3.00. The van der Waals surface area contributed by atoms with E-state index >= 15 is 0 Å². The number of carboxylic acids is 1. The quantitative estimate of drug-likeness (QED) is 0.842. The van der Waals surface area contributed by atoms with Gasteiger partial charge < -0.3 is 10.4 Å². The third-order valence-corrected chi connectivity index (χ3v) is 3.13. The summed E-state index contributed by atoms with van der Waals surface area (Å²) in [4.78, 5) is 23.7. The van der Waals surface area contributed by atoms with Crippen molar-refractivity contribution in [2.24, 2.45) is 5.92 Å². The van der Waals surface area contributed by atoms with Gasteiger partial charge in [-0.25, -0.2) is 9.48 Å². The summed E-state index contributed by atoms with van der Waals surface area (Å²) >= 11 is 0. The first kappa shape index (κ1) is 15.7. The summed E-state index contributed by atoms with van der Waals surface area (Å²) < 4.78 is 1.47. The van der Waals surface area contributed by atoms with Gasteiger partial charge in [0.15, 0.2) is 0 Å². The Morgan fingerprint density at radius 3 is 2.64 bits per heavy atom. The topological polar surface area (TPSA) is 97.1 Å². The lowest BCUT2D eigenvalue weighted by molar-refractivity contribution is -0.139. The van der Waals surface area contributed by atoms with Crippen molar-refractivity contribution in [1.82, 2.24) is 20.3 Å². The number of amides is 1. The van der Waals surface area contributed by atoms with Crippen LogP contribution >= 0.6 is 0 Å². The first-order valence-electron chi connectivity index (χ1n) is 6.98. The maximum absolute atomic E-state index is 12.4. The van der Waals surface area contributed by atoms with Crippen LogP contribution in [-0.4, -0.2) is 38.0 Å². The number of carboxylic acid groups (broad SMARTS) is 1. The van der Waals surface area contributed by atoms with E-state index in [4.69, 9.17) is 0 Å². The molecule has 0 saturated carbocycles. The van der Waals surface area contributed by atoms with Gasteiger partial charge in [0.1, 0.15) is 6.04 Å². The first-order chi connectivity index (χ1) is 10.5. The molecule has 7 nitrogen and oxygen atoms in total. The van der Waals surface area contributed by atoms with Crippen molar-refractivity contribution in [2.45, 2.75) is 26.3 Å². The average molecular weight is 302 g/mol. The molecule has 1 atom stereocenters. The third-order valence-electron chi connectivity index (χ3n) is 3.13. The van der Waals surface area contributed by atoms with E-state index in [9.17, 15) is 14.7 Å². The molecule has 116 valence electrons. The standard InChI is InChI=1S/C15H18N4O3/c1-10(2)9-12(15(21)22)17-14(20)11-5-3-4-6-13(11)19-8-7-16-18-19/h3-8,10,12H,9H2,1-2H3,(H,17,20)(H,21,22)/t12-/m1/s1. The molecule has 0 fully saturated rings. The molecule has 0 spiro atoms. The molecule has 2 aromatic rings. The molecule has 0 unspecified atom stereocenters. The zero-order valence-corrected chi connectivity index (χ0v) is 12.4. The SMILES string of the molecule is CC(C)C[C@@H](NC(=O)c1ccccc1-n1ccnn1)C(=O)O. The van der Waals surface area contributed by atoms with Gasteiger partial charge in [-0.05, 0) is 24.5 Å². The largest absolute Gasteiger partial charge is 0.480 e. The summed E-state index contributed by atoms with van der Waals surface area (Å²) in [6.07, 6.45) is 3.50. The van der Waals surface area contributed by atoms with E-state index in [1.165, 1.54) is 10.9 Å². The maximum atomic E-state index is 12.4. The molecule has 22 heavy (non-hydrogen) atoms. The molecular weight excluding hydrogens is 284 g/mol. The van der Waals surface area contributed by atoms with Crippen molar-refractivity contribution in [3.8, 4) is 5.69 Å². The summed E-state index contributed by atoms with van der Waals surface area (Å²) in [7, 11) is 0. The molecule has 0 bridgehead atoms. The van der Waals surface area contributed by atoms with Crippen molar-refractivity contribution < 1.29 is 14.7 Å². The second kappa shape index (κ2) is 6.84. The Labute approximate surface area is 128 Å². The van der Waals surface area contributed by atoms with Crippen molar-refractivity contribution >= 4 is 11.9 Å². The number of carbonyl (C=O) groups is 2. The van der Waals surface area contributed by atoms with Crippen molar-refractivity contribution in [1.29, 1.82) is 0 Å². The summed E-state index contributed by atoms with van der Waals surface area (Å²) in [5.41, 5.74) is 0.897. The molecule has 0 aliphatic carbocycles. The first-order valence-corrected chi connectivity index (χ1v) is 6.98. The van der Waals surface area contributed by atoms with Crippen molar-refractivity contribution in [3.63, 3.8) is 0 Å². The number of aromatic nitrogens is 3. The highest BCUT2D eigenvalue weighted by molar-refractivity contribution is 5.99. The van der Waals surface area contributed by atoms with Gasteiger partial charge in [-0.3, -0.25) is 4.79 Å². The molecule has 1 amide bonds. The summed E-state index contributed by atoms with van der Waals surface area (Å²) in [6, 6.07) is 5.92. The van der Waals surface area contributed by atoms with E-state index in [1.54, 1.807) is 30.5 Å². The van der Waals surface area contributed by atoms with Crippen LogP contribution in [0.1, 0.15) is 30.6 Å². The number of hydrogen-bond acceptors (Lipinski definition) is 4. The lowest BCUT2D eigenvalue weighted by Crippen LogP contribution is -2.41. The molecule has 0 radical (unpaired) electrons. The Morgan fingerprint density at radius 2 is 2.05 bits per heavy atom. The van der Waals surface area contributed by atoms with Crippen LogP contribution in [0.5, 0.6) is 0 Å². The normalized spacial score (nSPS) is 12.1. The fourth-order valence-electron chi connectivity index (χ4n) is 2.13. The zero-order chi connectivity index (χ0) is 16.1. The van der Waals surface area contributed by atoms with Gasteiger partial charge in [0.25, 0.3) is 5.91 Å². The second-order valence-corrected chi connectivity index (χ2v) is 5.36. The highest BCUT2D eigenvalue weighted by Crippen LogP contribution is 2.14. The molecule has 2 rings (SSSR count). The Hall–Kier alpha value is -2.70. The highest BCUT2D eigenvalue weighted by Gasteiger charge is 2.23. The Morgan fingerprint density at radius 1 is 1.32 bits per heavy atom. The number of rotatable bonds is 6. The molecule has 1 aromatic carbocycles. The van der Waals surface area contributed by atoms with Gasteiger partial charge in [0.2, 0.25) is 0 Å². The van der Waals surface area contributed by atoms with Crippen molar-refractivity contribution in [2.75, 3.05) is 0 Å². The molecule has 0 aliphatic heterocycles.